The fourth-order valence-corrected chi connectivity index (χ4v) is 3.21. The summed E-state index contributed by atoms with van der Waals surface area (Å²) >= 11 is 3.29. The third-order valence-corrected chi connectivity index (χ3v) is 4.75. The van der Waals surface area contributed by atoms with Crippen LogP contribution >= 0.6 is 15.9 Å². The topological polar surface area (TPSA) is 91.3 Å². The minimum atomic E-state index is -1.15. The zero-order valence-corrected chi connectivity index (χ0v) is 17.5. The number of benzene rings is 2. The lowest BCUT2D eigenvalue weighted by Gasteiger charge is -2.18. The van der Waals surface area contributed by atoms with Crippen LogP contribution in [0.15, 0.2) is 34.8 Å². The molecule has 1 heterocycles. The van der Waals surface area contributed by atoms with Gasteiger partial charge in [0.2, 0.25) is 5.95 Å². The van der Waals surface area contributed by atoms with Gasteiger partial charge in [-0.2, -0.15) is 0 Å². The summed E-state index contributed by atoms with van der Waals surface area (Å²) in [7, 11) is 3.92. The maximum Gasteiger partial charge on any atom is 0.201 e. The van der Waals surface area contributed by atoms with Gasteiger partial charge in [0.05, 0.1) is 11.2 Å². The van der Waals surface area contributed by atoms with Crippen molar-refractivity contribution in [3.63, 3.8) is 0 Å². The molecule has 0 aliphatic carbocycles. The van der Waals surface area contributed by atoms with Crippen molar-refractivity contribution in [1.29, 1.82) is 5.41 Å². The lowest BCUT2D eigenvalue weighted by Crippen LogP contribution is -2.27. The van der Waals surface area contributed by atoms with Crippen molar-refractivity contribution in [3.8, 4) is 0 Å². The molecule has 7 nitrogen and oxygen atoms in total. The first-order valence-corrected chi connectivity index (χ1v) is 9.67. The summed E-state index contributed by atoms with van der Waals surface area (Å²) < 4.78 is 29.1. The van der Waals surface area contributed by atoms with Crippen LogP contribution in [0, 0.1) is 17.0 Å². The monoisotopic (exact) mass is 466 g/mol. The van der Waals surface area contributed by atoms with E-state index in [1.807, 2.05) is 19.0 Å². The van der Waals surface area contributed by atoms with E-state index in [9.17, 15) is 14.0 Å². The number of rotatable bonds is 7. The van der Waals surface area contributed by atoms with Gasteiger partial charge < -0.3 is 15.2 Å². The Labute approximate surface area is 174 Å². The van der Waals surface area contributed by atoms with Crippen LogP contribution in [-0.2, 0) is 0 Å². The van der Waals surface area contributed by atoms with Crippen molar-refractivity contribution in [2.24, 2.45) is 0 Å². The molecule has 0 saturated heterocycles. The number of nitrogens with one attached hydrogen (secondary N) is 3. The average molecular weight is 467 g/mol. The number of hydrogen-bond acceptors (Lipinski definition) is 5. The van der Waals surface area contributed by atoms with Gasteiger partial charge in [0, 0.05) is 16.6 Å². The Kier molecular flexibility index (Phi) is 6.46. The number of imidazole rings is 1. The van der Waals surface area contributed by atoms with Gasteiger partial charge in [0.25, 0.3) is 0 Å². The Morgan fingerprint density at radius 2 is 2.07 bits per heavy atom. The van der Waals surface area contributed by atoms with Crippen LogP contribution in [0.2, 0.25) is 0 Å². The summed E-state index contributed by atoms with van der Waals surface area (Å²) in [6.07, 6.45) is 0.830. The predicted molar refractivity (Wildman–Crippen MR) is 113 cm³/mol. The van der Waals surface area contributed by atoms with E-state index in [1.165, 1.54) is 0 Å². The van der Waals surface area contributed by atoms with Gasteiger partial charge in [-0.1, -0.05) is 22.0 Å². The third-order valence-electron chi connectivity index (χ3n) is 4.26. The highest BCUT2D eigenvalue weighted by atomic mass is 79.9. The summed E-state index contributed by atoms with van der Waals surface area (Å²) in [5.74, 6) is -2.41. The number of amidine groups is 1. The molecule has 0 amide bonds. The van der Waals surface area contributed by atoms with Crippen molar-refractivity contribution < 1.29 is 14.0 Å². The van der Waals surface area contributed by atoms with Crippen LogP contribution in [-0.4, -0.2) is 53.1 Å². The van der Waals surface area contributed by atoms with Gasteiger partial charge in [-0.05, 0) is 51.3 Å². The third kappa shape index (κ3) is 4.72. The largest absolute Gasteiger partial charge is 0.356 e. The highest BCUT2D eigenvalue weighted by molar-refractivity contribution is 9.10. The van der Waals surface area contributed by atoms with Crippen molar-refractivity contribution in [2.45, 2.75) is 6.42 Å². The zero-order chi connectivity index (χ0) is 21.1. The molecule has 0 aliphatic rings. The van der Waals surface area contributed by atoms with Crippen LogP contribution in [0.25, 0.3) is 11.0 Å². The second kappa shape index (κ2) is 8.85. The summed E-state index contributed by atoms with van der Waals surface area (Å²) in [6.45, 7) is 1.44. The molecule has 1 aromatic heterocycles. The van der Waals surface area contributed by atoms with Gasteiger partial charge in [-0.3, -0.25) is 10.6 Å². The smallest absolute Gasteiger partial charge is 0.201 e. The molecule has 3 rings (SSSR count). The number of halogens is 3. The van der Waals surface area contributed by atoms with Crippen LogP contribution in [0.3, 0.4) is 0 Å². The Morgan fingerprint density at radius 3 is 2.76 bits per heavy atom. The number of hydrogen-bond donors (Lipinski definition) is 4. The summed E-state index contributed by atoms with van der Waals surface area (Å²) in [5, 5.41) is 22.4. The normalized spacial score (nSPS) is 11.3. The van der Waals surface area contributed by atoms with E-state index in [4.69, 9.17) is 5.41 Å². The van der Waals surface area contributed by atoms with Crippen molar-refractivity contribution >= 4 is 44.4 Å². The van der Waals surface area contributed by atoms with Crippen LogP contribution in [0.4, 0.5) is 20.4 Å². The lowest BCUT2D eigenvalue weighted by atomic mass is 10.1. The zero-order valence-electron chi connectivity index (χ0n) is 15.9. The molecule has 0 saturated carbocycles. The molecule has 0 bridgehead atoms. The van der Waals surface area contributed by atoms with E-state index in [2.05, 4.69) is 31.2 Å². The summed E-state index contributed by atoms with van der Waals surface area (Å²) in [6, 6.07) is 7.50. The predicted octanol–water partition coefficient (Wildman–Crippen LogP) is 4.19. The van der Waals surface area contributed by atoms with Crippen LogP contribution < -0.4 is 10.4 Å². The Bertz CT molecular complexity index is 1040. The molecule has 0 unspecified atom stereocenters. The second-order valence-electron chi connectivity index (χ2n) is 6.75. The van der Waals surface area contributed by atoms with Crippen molar-refractivity contribution in [3.05, 3.63) is 52.0 Å². The van der Waals surface area contributed by atoms with Crippen molar-refractivity contribution in [2.75, 3.05) is 37.6 Å². The lowest BCUT2D eigenvalue weighted by molar-refractivity contribution is 0.312. The fraction of sp³-hybridized carbons (Fsp3) is 0.263. The quantitative estimate of drug-likeness (QED) is 0.181. The molecule has 0 radical (unpaired) electrons. The Hall–Kier alpha value is -2.56. The highest BCUT2D eigenvalue weighted by Crippen LogP contribution is 2.27. The van der Waals surface area contributed by atoms with Gasteiger partial charge in [0.1, 0.15) is 5.52 Å². The molecule has 0 atom stereocenters. The maximum atomic E-state index is 14.3. The molecule has 0 fully saturated rings. The number of aromatic nitrogens is 2. The average Bonchev–Trinajstić information content (AvgIpc) is 3.11. The molecule has 29 heavy (non-hydrogen) atoms. The van der Waals surface area contributed by atoms with Crippen molar-refractivity contribution in [1.82, 2.24) is 14.9 Å². The molecule has 4 N–H and O–H groups in total. The summed E-state index contributed by atoms with van der Waals surface area (Å²) in [4.78, 5) is 9.00. The Morgan fingerprint density at radius 1 is 1.31 bits per heavy atom. The fourth-order valence-electron chi connectivity index (χ4n) is 2.83. The molecule has 0 spiro atoms. The van der Waals surface area contributed by atoms with Gasteiger partial charge in [0.15, 0.2) is 17.5 Å². The first-order chi connectivity index (χ1) is 13.8. The second-order valence-corrected chi connectivity index (χ2v) is 7.67. The summed E-state index contributed by atoms with van der Waals surface area (Å²) in [5.41, 5.74) is 0.166. The van der Waals surface area contributed by atoms with Gasteiger partial charge in [-0.25, -0.2) is 18.8 Å². The number of anilines is 2. The minimum absolute atomic E-state index is 0.0183. The van der Waals surface area contributed by atoms with E-state index in [0.29, 0.717) is 21.8 Å². The van der Waals surface area contributed by atoms with E-state index in [-0.39, 0.29) is 22.5 Å². The first kappa shape index (κ1) is 21.2. The number of aromatic amines is 1. The van der Waals surface area contributed by atoms with E-state index in [1.54, 1.807) is 24.3 Å². The number of hydroxylamine groups is 1. The van der Waals surface area contributed by atoms with Gasteiger partial charge >= 0.3 is 0 Å². The van der Waals surface area contributed by atoms with E-state index in [0.717, 1.165) is 19.0 Å². The molecular weight excluding hydrogens is 446 g/mol. The van der Waals surface area contributed by atoms with Crippen LogP contribution in [0.5, 0.6) is 0 Å². The molecule has 2 aromatic carbocycles. The molecule has 10 heteroatoms. The molecule has 3 aromatic rings. The Balaban J connectivity index is 1.92. The number of H-pyrrole nitrogens is 1. The first-order valence-electron chi connectivity index (χ1n) is 8.87. The number of nitrogens with zero attached hydrogens (tertiary/aromatic N) is 3. The minimum Gasteiger partial charge on any atom is -0.356 e. The molecule has 0 aliphatic heterocycles. The highest BCUT2D eigenvalue weighted by Gasteiger charge is 2.22. The number of fused-ring (bicyclic) bond motifs is 1. The molecular formula is C19H21BrF2N6O. The molecule has 154 valence electrons. The van der Waals surface area contributed by atoms with Crippen LogP contribution in [0.1, 0.15) is 12.0 Å². The van der Waals surface area contributed by atoms with E-state index >= 15 is 0 Å². The standard InChI is InChI=1S/C19H21BrF2N6O/c1-27(2)8-4-7-24-19-25-16-13(10-14(21)15(22)17(16)26-19)18(23)28(29)12-6-3-5-11(20)9-12/h3,5-6,9-10,23,29H,4,7-8H2,1-2H3,(H2,24,25,26). The SMILES string of the molecule is CN(C)CCCNc1nc2c(F)c(F)cc(C(=N)N(O)c3cccc(Br)c3)c2[nH]1. The maximum absolute atomic E-state index is 14.3. The van der Waals surface area contributed by atoms with Gasteiger partial charge in [-0.15, -0.1) is 0 Å². The van der Waals surface area contributed by atoms with E-state index < -0.39 is 17.5 Å².